The molecule has 3 amide bonds. The monoisotopic (exact) mass is 934 g/mol. The Balaban J connectivity index is 1.41. The molecule has 20 heteroatoms. The number of hydrogen-bond acceptors (Lipinski definition) is 11. The number of H-pyrrole nitrogens is 2. The zero-order valence-corrected chi connectivity index (χ0v) is 39.5. The lowest BCUT2D eigenvalue weighted by molar-refractivity contribution is -0.392. The third-order valence-electron chi connectivity index (χ3n) is 11.8. The second-order valence-electron chi connectivity index (χ2n) is 18.0. The molecule has 6 rings (SSSR count). The summed E-state index contributed by atoms with van der Waals surface area (Å²) in [6.45, 7) is 14.6. The van der Waals surface area contributed by atoms with Gasteiger partial charge in [0.25, 0.3) is 5.91 Å². The molecule has 1 atom stereocenters. The van der Waals surface area contributed by atoms with Crippen molar-refractivity contribution >= 4 is 65.3 Å². The number of carbonyl (C=O) groups excluding carboxylic acids is 3. The fraction of sp³-hybridized carbons (Fsp3) is 0.417. The van der Waals surface area contributed by atoms with Crippen LogP contribution in [-0.2, 0) is 36.9 Å². The molecule has 360 valence electrons. The van der Waals surface area contributed by atoms with Gasteiger partial charge in [-0.1, -0.05) is 0 Å². The lowest BCUT2D eigenvalue weighted by Gasteiger charge is -2.20. The summed E-state index contributed by atoms with van der Waals surface area (Å²) in [5, 5.41) is 41.4. The Morgan fingerprint density at radius 1 is 0.926 bits per heavy atom. The molecule has 3 aliphatic heterocycles. The summed E-state index contributed by atoms with van der Waals surface area (Å²) >= 11 is 0. The second-order valence-corrected chi connectivity index (χ2v) is 18.0. The van der Waals surface area contributed by atoms with E-state index in [4.69, 9.17) is 9.73 Å². The van der Waals surface area contributed by atoms with Crippen molar-refractivity contribution in [3.63, 3.8) is 0 Å². The summed E-state index contributed by atoms with van der Waals surface area (Å²) in [6.07, 6.45) is 8.81. The topological polar surface area (TPSA) is 288 Å². The number of allylic oxidation sites excluding steroid dienone is 5. The fourth-order valence-electron chi connectivity index (χ4n) is 8.14. The van der Waals surface area contributed by atoms with Gasteiger partial charge in [0.05, 0.1) is 29.2 Å². The number of nitrogens with one attached hydrogen (secondary N) is 5. The minimum atomic E-state index is -1.13. The summed E-state index contributed by atoms with van der Waals surface area (Å²) in [7, 11) is 0. The van der Waals surface area contributed by atoms with Gasteiger partial charge in [-0.25, -0.2) is 24.3 Å². The zero-order chi connectivity index (χ0) is 49.6. The number of aliphatic imine (C=N–C) groups is 2. The van der Waals surface area contributed by atoms with Crippen LogP contribution in [0, 0.1) is 30.9 Å². The van der Waals surface area contributed by atoms with Crippen LogP contribution < -0.4 is 26.6 Å². The Morgan fingerprint density at radius 3 is 2.34 bits per heavy atom. The molecule has 7 N–H and O–H groups in total. The molecule has 0 spiro atoms. The smallest absolute Gasteiger partial charge is 0.407 e. The van der Waals surface area contributed by atoms with E-state index in [1.807, 2.05) is 52.0 Å². The Bertz CT molecular complexity index is 2890. The van der Waals surface area contributed by atoms with Crippen LogP contribution in [0.3, 0.4) is 0 Å². The largest absolute Gasteiger partial charge is 0.481 e. The number of unbranched alkanes of at least 4 members (excludes halogenated alkanes) is 1. The molecule has 6 heterocycles. The van der Waals surface area contributed by atoms with Crippen LogP contribution in [0.4, 0.5) is 10.6 Å². The molecule has 0 fully saturated rings. The van der Waals surface area contributed by atoms with E-state index in [9.17, 15) is 44.3 Å². The third kappa shape index (κ3) is 12.2. The van der Waals surface area contributed by atoms with Gasteiger partial charge >= 0.3 is 23.8 Å². The minimum absolute atomic E-state index is 0.0627. The quantitative estimate of drug-likeness (QED) is 0.0536. The number of alkyl carbamates (subject to hydrolysis) is 1. The molecule has 3 aromatic rings. The van der Waals surface area contributed by atoms with Crippen molar-refractivity contribution in [3.05, 3.63) is 107 Å². The number of aromatic nitrogens is 4. The molecule has 20 nitrogen and oxygen atoms in total. The maximum Gasteiger partial charge on any atom is 0.407 e. The van der Waals surface area contributed by atoms with Crippen LogP contribution in [0.1, 0.15) is 113 Å². The van der Waals surface area contributed by atoms with Crippen LogP contribution >= 0.6 is 0 Å². The van der Waals surface area contributed by atoms with E-state index in [0.29, 0.717) is 63.9 Å². The number of hydrogen-bond donors (Lipinski definition) is 7. The number of carboxylic acids is 2. The van der Waals surface area contributed by atoms with E-state index in [-0.39, 0.29) is 63.1 Å². The van der Waals surface area contributed by atoms with Gasteiger partial charge in [0.2, 0.25) is 5.91 Å². The Morgan fingerprint density at radius 2 is 1.65 bits per heavy atom. The van der Waals surface area contributed by atoms with E-state index >= 15 is 0 Å². The number of amides is 3. The number of nitro groups is 1. The number of imidazole rings is 1. The molecular weight excluding hydrogens is 877 g/mol. The van der Waals surface area contributed by atoms with Gasteiger partial charge in [0.15, 0.2) is 5.82 Å². The molecular formula is C48H58N10O10. The predicted octanol–water partition coefficient (Wildman–Crippen LogP) is 4.99. The van der Waals surface area contributed by atoms with E-state index in [1.165, 1.54) is 4.57 Å². The van der Waals surface area contributed by atoms with E-state index in [1.54, 1.807) is 33.8 Å². The van der Waals surface area contributed by atoms with Gasteiger partial charge in [-0.2, -0.15) is 0 Å². The summed E-state index contributed by atoms with van der Waals surface area (Å²) in [6, 6.07) is 0.842. The van der Waals surface area contributed by atoms with Gasteiger partial charge < -0.3 is 51.0 Å². The molecule has 1 unspecified atom stereocenters. The number of fused-ring (bicyclic) bond motifs is 7. The number of rotatable bonds is 17. The van der Waals surface area contributed by atoms with Crippen LogP contribution in [0.15, 0.2) is 62.1 Å². The number of carboxylic acid groups (broad SMARTS) is 2. The van der Waals surface area contributed by atoms with E-state index in [0.717, 1.165) is 39.3 Å². The number of carbonyl (C=O) groups is 5. The van der Waals surface area contributed by atoms with Gasteiger partial charge in [-0.15, -0.1) is 0 Å². The van der Waals surface area contributed by atoms with E-state index < -0.39 is 46.4 Å². The maximum absolute atomic E-state index is 14.5. The van der Waals surface area contributed by atoms with E-state index in [2.05, 4.69) is 35.9 Å². The number of aromatic amines is 2. The molecule has 3 aliphatic rings. The summed E-state index contributed by atoms with van der Waals surface area (Å²) in [5.74, 6) is -3.07. The molecule has 8 bridgehead atoms. The van der Waals surface area contributed by atoms with Gasteiger partial charge in [0, 0.05) is 59.7 Å². The molecule has 0 aliphatic carbocycles. The van der Waals surface area contributed by atoms with Crippen molar-refractivity contribution in [1.82, 2.24) is 35.5 Å². The highest BCUT2D eigenvalue weighted by atomic mass is 16.6. The SMILES string of the molecule is CC1=C2C=c3cc(C)c([nH]3)=Cc3[nH]c(c(CCC(=O)O)c3C)C=C3N=C(C=C(N2)C1=NC(=O)C(CCCCNC(=O)OC(C)(C)C)NC(=O)CCn1c([N+](=O)[O-])cnc1C)C(C)=C3CCC(=O)O. The van der Waals surface area contributed by atoms with Crippen molar-refractivity contribution in [2.24, 2.45) is 9.98 Å². The first-order valence-electron chi connectivity index (χ1n) is 22.4. The van der Waals surface area contributed by atoms with Gasteiger partial charge in [0.1, 0.15) is 24.4 Å². The first-order valence-corrected chi connectivity index (χ1v) is 22.4. The molecule has 0 aromatic carbocycles. The second kappa shape index (κ2) is 20.9. The molecule has 3 aromatic heterocycles. The highest BCUT2D eigenvalue weighted by molar-refractivity contribution is 6.24. The van der Waals surface area contributed by atoms with Crippen LogP contribution in [0.5, 0.6) is 0 Å². The Labute approximate surface area is 392 Å². The summed E-state index contributed by atoms with van der Waals surface area (Å²) < 4.78 is 6.64. The first kappa shape index (κ1) is 49.8. The molecule has 0 saturated carbocycles. The predicted molar refractivity (Wildman–Crippen MR) is 254 cm³/mol. The maximum atomic E-state index is 14.5. The minimum Gasteiger partial charge on any atom is -0.481 e. The number of aliphatic carboxylic acids is 2. The van der Waals surface area contributed by atoms with Crippen molar-refractivity contribution < 1.29 is 43.8 Å². The normalized spacial score (nSPS) is 15.5. The zero-order valence-electron chi connectivity index (χ0n) is 39.5. The highest BCUT2D eigenvalue weighted by Gasteiger charge is 2.30. The van der Waals surface area contributed by atoms with Crippen LogP contribution in [-0.4, -0.2) is 94.1 Å². The summed E-state index contributed by atoms with van der Waals surface area (Å²) in [5.41, 5.74) is 7.56. The molecule has 0 saturated heterocycles. The lowest BCUT2D eigenvalue weighted by atomic mass is 9.98. The third-order valence-corrected chi connectivity index (χ3v) is 11.8. The lowest BCUT2D eigenvalue weighted by Crippen LogP contribution is -2.41. The average Bonchev–Trinajstić information content (AvgIpc) is 4.02. The highest BCUT2D eigenvalue weighted by Crippen LogP contribution is 2.34. The summed E-state index contributed by atoms with van der Waals surface area (Å²) in [4.78, 5) is 95.5. The Hall–Kier alpha value is -7.64. The van der Waals surface area contributed by atoms with Crippen LogP contribution in [0.25, 0.3) is 18.2 Å². The number of aryl methyl sites for hydroxylation is 2. The fourth-order valence-corrected chi connectivity index (χ4v) is 8.14. The standard InChI is InChI=1S/C48H58N10O10/c1-25-19-30-20-35-28(4)45(56-46(64)33(11-9-10-17-49-47(65)68-48(6,7)8)55-41(59)16-18-57-29(5)50-24-42(57)58(66)67)40(54-35)22-37-27(3)32(13-15-44(62)63)39(53-37)23-38-31(12-14-43(60)61)26(2)36(52-38)21-34(25)51-30/h19-24,33,51-52,54H,9-18H2,1-8H3,(H,49,65)(H,55,59)(H,60,61)(H,62,63). The van der Waals surface area contributed by atoms with Gasteiger partial charge in [-0.3, -0.25) is 19.2 Å². The average molecular weight is 935 g/mol. The Kier molecular flexibility index (Phi) is 15.3. The number of ether oxygens (including phenoxy) is 1. The van der Waals surface area contributed by atoms with Crippen molar-refractivity contribution in [2.75, 3.05) is 6.54 Å². The van der Waals surface area contributed by atoms with Crippen molar-refractivity contribution in [1.29, 1.82) is 0 Å². The number of nitrogens with zero attached hydrogens (tertiary/aromatic N) is 5. The van der Waals surface area contributed by atoms with Crippen molar-refractivity contribution in [2.45, 2.75) is 125 Å². The van der Waals surface area contributed by atoms with Crippen LogP contribution in [0.2, 0.25) is 0 Å². The molecule has 68 heavy (non-hydrogen) atoms. The van der Waals surface area contributed by atoms with Gasteiger partial charge in [-0.05, 0) is 144 Å². The first-order chi connectivity index (χ1) is 32.1. The molecule has 0 radical (unpaired) electrons. The van der Waals surface area contributed by atoms with Crippen molar-refractivity contribution in [3.8, 4) is 0 Å².